The Morgan fingerprint density at radius 2 is 1.96 bits per heavy atom. The van der Waals surface area contributed by atoms with E-state index < -0.39 is 11.0 Å². The molecule has 1 unspecified atom stereocenters. The Hall–Kier alpha value is -2.32. The normalized spacial score (nSPS) is 16.0. The van der Waals surface area contributed by atoms with E-state index in [-0.39, 0.29) is 5.91 Å². The Bertz CT molecular complexity index is 852. The van der Waals surface area contributed by atoms with Crippen LogP contribution >= 0.6 is 0 Å². The van der Waals surface area contributed by atoms with Gasteiger partial charge in [0.1, 0.15) is 28.8 Å². The summed E-state index contributed by atoms with van der Waals surface area (Å²) >= 11 is 0. The highest BCUT2D eigenvalue weighted by molar-refractivity contribution is 7.82. The molecule has 144 valence electrons. The van der Waals surface area contributed by atoms with Crippen LogP contribution < -0.4 is 15.4 Å². The number of nitrogens with one attached hydrogen (secondary N) is 1. The van der Waals surface area contributed by atoms with Gasteiger partial charge in [-0.15, -0.1) is 0 Å². The van der Waals surface area contributed by atoms with Crippen molar-refractivity contribution in [3.8, 4) is 0 Å². The van der Waals surface area contributed by atoms with Crippen molar-refractivity contribution >= 4 is 28.4 Å². The first-order chi connectivity index (χ1) is 13.0. The van der Waals surface area contributed by atoms with Crippen molar-refractivity contribution in [2.45, 2.75) is 50.0 Å². The van der Waals surface area contributed by atoms with Crippen LogP contribution in [0.4, 0.5) is 11.5 Å². The topological polar surface area (TPSA) is 101 Å². The van der Waals surface area contributed by atoms with E-state index in [1.54, 1.807) is 24.3 Å². The summed E-state index contributed by atoms with van der Waals surface area (Å²) in [5.74, 6) is 0.452. The zero-order valence-corrected chi connectivity index (χ0v) is 16.5. The van der Waals surface area contributed by atoms with Gasteiger partial charge < -0.3 is 10.2 Å². The second kappa shape index (κ2) is 8.58. The van der Waals surface area contributed by atoms with Gasteiger partial charge in [0.05, 0.1) is 4.90 Å². The zero-order valence-electron chi connectivity index (χ0n) is 15.6. The van der Waals surface area contributed by atoms with Crippen LogP contribution in [0.25, 0.3) is 0 Å². The van der Waals surface area contributed by atoms with Gasteiger partial charge in [-0.2, -0.15) is 0 Å². The van der Waals surface area contributed by atoms with Gasteiger partial charge in [-0.3, -0.25) is 4.79 Å². The van der Waals surface area contributed by atoms with Gasteiger partial charge in [-0.25, -0.2) is 19.3 Å². The van der Waals surface area contributed by atoms with Gasteiger partial charge in [0.15, 0.2) is 0 Å². The van der Waals surface area contributed by atoms with Gasteiger partial charge >= 0.3 is 0 Å². The first-order valence-corrected chi connectivity index (χ1v) is 10.3. The Balaban J connectivity index is 1.74. The fraction of sp³-hybridized carbons (Fsp3) is 0.421. The van der Waals surface area contributed by atoms with Crippen LogP contribution in [0.1, 0.15) is 48.2 Å². The van der Waals surface area contributed by atoms with E-state index in [2.05, 4.69) is 20.2 Å². The number of aryl methyl sites for hydroxylation is 1. The van der Waals surface area contributed by atoms with Crippen molar-refractivity contribution in [1.29, 1.82) is 0 Å². The monoisotopic (exact) mass is 387 g/mol. The first kappa shape index (κ1) is 19.4. The molecule has 1 saturated carbocycles. The molecular weight excluding hydrogens is 362 g/mol. The van der Waals surface area contributed by atoms with E-state index in [1.807, 2.05) is 14.0 Å². The standard InChI is InChI=1S/C19H25N5O2S/c1-13-10-15(27(20)26)8-9-16(13)23-19(25)17-11-18(22-12-21-17)24(2)14-6-4-3-5-7-14/h8-12,14H,3-7,20H2,1-2H3,(H,23,25). The summed E-state index contributed by atoms with van der Waals surface area (Å²) in [5, 5.41) is 8.25. The molecule has 0 aliphatic heterocycles. The summed E-state index contributed by atoms with van der Waals surface area (Å²) in [6.45, 7) is 1.83. The second-order valence-electron chi connectivity index (χ2n) is 6.89. The minimum atomic E-state index is -1.55. The van der Waals surface area contributed by atoms with Crippen molar-refractivity contribution in [3.63, 3.8) is 0 Å². The molecule has 1 atom stereocenters. The smallest absolute Gasteiger partial charge is 0.274 e. The largest absolute Gasteiger partial charge is 0.357 e. The number of benzene rings is 1. The van der Waals surface area contributed by atoms with Crippen LogP contribution in [-0.4, -0.2) is 33.2 Å². The average Bonchev–Trinajstić information content (AvgIpc) is 2.69. The first-order valence-electron chi connectivity index (χ1n) is 9.09. The molecule has 27 heavy (non-hydrogen) atoms. The van der Waals surface area contributed by atoms with Gasteiger partial charge in [0.25, 0.3) is 5.91 Å². The molecule has 0 saturated heterocycles. The predicted molar refractivity (Wildman–Crippen MR) is 107 cm³/mol. The number of nitrogens with zero attached hydrogens (tertiary/aromatic N) is 3. The Kier molecular flexibility index (Phi) is 6.18. The molecule has 1 aromatic heterocycles. The summed E-state index contributed by atoms with van der Waals surface area (Å²) in [5.41, 5.74) is 1.73. The third-order valence-corrected chi connectivity index (χ3v) is 5.77. The summed E-state index contributed by atoms with van der Waals surface area (Å²) in [7, 11) is 0.478. The van der Waals surface area contributed by atoms with E-state index in [0.29, 0.717) is 22.3 Å². The fourth-order valence-corrected chi connectivity index (χ4v) is 3.90. The van der Waals surface area contributed by atoms with E-state index in [0.717, 1.165) is 24.2 Å². The number of rotatable bonds is 5. The minimum absolute atomic E-state index is 0.305. The molecular formula is C19H25N5O2S. The molecule has 0 radical (unpaired) electrons. The molecule has 1 aromatic carbocycles. The highest BCUT2D eigenvalue weighted by Crippen LogP contribution is 2.25. The van der Waals surface area contributed by atoms with E-state index in [9.17, 15) is 9.00 Å². The maximum atomic E-state index is 12.6. The number of hydrogen-bond donors (Lipinski definition) is 2. The third-order valence-electron chi connectivity index (χ3n) is 5.05. The summed E-state index contributed by atoms with van der Waals surface area (Å²) in [6.07, 6.45) is 7.48. The van der Waals surface area contributed by atoms with Gasteiger partial charge in [0, 0.05) is 24.8 Å². The lowest BCUT2D eigenvalue weighted by Crippen LogP contribution is -2.34. The van der Waals surface area contributed by atoms with Gasteiger partial charge in [0.2, 0.25) is 0 Å². The van der Waals surface area contributed by atoms with Crippen LogP contribution in [0.3, 0.4) is 0 Å². The van der Waals surface area contributed by atoms with Crippen LogP contribution in [0.5, 0.6) is 0 Å². The minimum Gasteiger partial charge on any atom is -0.357 e. The third kappa shape index (κ3) is 4.70. The number of hydrogen-bond acceptors (Lipinski definition) is 5. The fourth-order valence-electron chi connectivity index (χ4n) is 3.41. The van der Waals surface area contributed by atoms with E-state index in [4.69, 9.17) is 5.14 Å². The molecule has 1 fully saturated rings. The number of carbonyl (C=O) groups excluding carboxylic acids is 1. The Morgan fingerprint density at radius 1 is 1.22 bits per heavy atom. The van der Waals surface area contributed by atoms with Crippen molar-refractivity contribution in [2.24, 2.45) is 5.14 Å². The second-order valence-corrected chi connectivity index (χ2v) is 7.96. The number of carbonyl (C=O) groups is 1. The lowest BCUT2D eigenvalue weighted by atomic mass is 9.94. The number of nitrogens with two attached hydrogens (primary N) is 1. The van der Waals surface area contributed by atoms with Gasteiger partial charge in [-0.05, 0) is 43.5 Å². The van der Waals surface area contributed by atoms with Crippen molar-refractivity contribution < 1.29 is 9.00 Å². The summed E-state index contributed by atoms with van der Waals surface area (Å²) < 4.78 is 11.4. The van der Waals surface area contributed by atoms with Crippen LogP contribution in [0.2, 0.25) is 0 Å². The summed E-state index contributed by atoms with van der Waals surface area (Å²) in [4.78, 5) is 23.8. The average molecular weight is 388 g/mol. The maximum absolute atomic E-state index is 12.6. The molecule has 7 nitrogen and oxygen atoms in total. The number of anilines is 2. The zero-order chi connectivity index (χ0) is 19.4. The molecule has 8 heteroatoms. The predicted octanol–water partition coefficient (Wildman–Crippen LogP) is 2.79. The molecule has 1 aliphatic carbocycles. The maximum Gasteiger partial charge on any atom is 0.274 e. The Morgan fingerprint density at radius 3 is 2.63 bits per heavy atom. The Labute approximate surface area is 162 Å². The molecule has 3 N–H and O–H groups in total. The summed E-state index contributed by atoms with van der Waals surface area (Å²) in [6, 6.07) is 7.22. The van der Waals surface area contributed by atoms with Crippen LogP contribution in [0, 0.1) is 6.92 Å². The lowest BCUT2D eigenvalue weighted by Gasteiger charge is -2.32. The highest BCUT2D eigenvalue weighted by atomic mass is 32.2. The van der Waals surface area contributed by atoms with Crippen LogP contribution in [-0.2, 0) is 11.0 Å². The van der Waals surface area contributed by atoms with E-state index in [1.165, 1.54) is 25.6 Å². The lowest BCUT2D eigenvalue weighted by molar-refractivity contribution is 0.102. The van der Waals surface area contributed by atoms with Crippen molar-refractivity contribution in [1.82, 2.24) is 9.97 Å². The van der Waals surface area contributed by atoms with E-state index >= 15 is 0 Å². The number of aromatic nitrogens is 2. The molecule has 0 spiro atoms. The number of amides is 1. The molecule has 0 bridgehead atoms. The molecule has 3 rings (SSSR count). The molecule has 1 amide bonds. The van der Waals surface area contributed by atoms with Crippen molar-refractivity contribution in [3.05, 3.63) is 41.9 Å². The van der Waals surface area contributed by atoms with Gasteiger partial charge in [-0.1, -0.05) is 19.3 Å². The van der Waals surface area contributed by atoms with Crippen molar-refractivity contribution in [2.75, 3.05) is 17.3 Å². The molecule has 1 heterocycles. The highest BCUT2D eigenvalue weighted by Gasteiger charge is 2.20. The van der Waals surface area contributed by atoms with Crippen LogP contribution in [0.15, 0.2) is 35.5 Å². The SMILES string of the molecule is Cc1cc(S(N)=O)ccc1NC(=O)c1cc(N(C)C2CCCCC2)ncn1. The molecule has 2 aromatic rings. The quantitative estimate of drug-likeness (QED) is 0.821. The molecule has 1 aliphatic rings.